The number of anilines is 1. The Hall–Kier alpha value is -4.54. The molecule has 3 aromatic heterocycles. The third kappa shape index (κ3) is 7.00. The van der Waals surface area contributed by atoms with E-state index in [1.807, 2.05) is 67.1 Å². The van der Waals surface area contributed by atoms with E-state index < -0.39 is 0 Å². The van der Waals surface area contributed by atoms with Crippen molar-refractivity contribution in [1.82, 2.24) is 40.1 Å². The first-order valence-corrected chi connectivity index (χ1v) is 12.1. The smallest absolute Gasteiger partial charge is 0.255 e. The highest BCUT2D eigenvalue weighted by atomic mass is 16.1. The Morgan fingerprint density at radius 1 is 0.676 bits per heavy atom. The molecular formula is C27H29N9O. The summed E-state index contributed by atoms with van der Waals surface area (Å²) in [6.45, 7) is 3.39. The van der Waals surface area contributed by atoms with Crippen LogP contribution in [0.15, 0.2) is 85.7 Å². The van der Waals surface area contributed by atoms with Crippen LogP contribution in [0.25, 0.3) is 0 Å². The number of hydrogen-bond acceptors (Lipinski definition) is 6. The summed E-state index contributed by atoms with van der Waals surface area (Å²) in [5, 5.41) is 6.31. The SMILES string of the molecule is O=C(Nc1ccc(CNCc2ncc[nH]2)cc1)c1ccc(CN(Cc2ncc[nH]2)Cc2ncc[nH]2)cc1. The predicted molar refractivity (Wildman–Crippen MR) is 140 cm³/mol. The number of nitrogens with zero attached hydrogens (tertiary/aromatic N) is 4. The Morgan fingerprint density at radius 3 is 1.81 bits per heavy atom. The van der Waals surface area contributed by atoms with E-state index >= 15 is 0 Å². The largest absolute Gasteiger partial charge is 0.348 e. The summed E-state index contributed by atoms with van der Waals surface area (Å²) >= 11 is 0. The van der Waals surface area contributed by atoms with E-state index in [0.29, 0.717) is 38.3 Å². The number of hydrogen-bond donors (Lipinski definition) is 5. The van der Waals surface area contributed by atoms with Gasteiger partial charge in [0.2, 0.25) is 0 Å². The lowest BCUT2D eigenvalue weighted by molar-refractivity contribution is 0.102. The van der Waals surface area contributed by atoms with Crippen molar-refractivity contribution in [3.8, 4) is 0 Å². The van der Waals surface area contributed by atoms with Crippen LogP contribution in [-0.2, 0) is 32.7 Å². The average molecular weight is 496 g/mol. The molecule has 5 rings (SSSR count). The van der Waals surface area contributed by atoms with Crippen molar-refractivity contribution in [1.29, 1.82) is 0 Å². The molecule has 0 atom stereocenters. The fourth-order valence-electron chi connectivity index (χ4n) is 4.01. The summed E-state index contributed by atoms with van der Waals surface area (Å²) < 4.78 is 0. The molecule has 5 N–H and O–H groups in total. The maximum absolute atomic E-state index is 12.8. The third-order valence-corrected chi connectivity index (χ3v) is 5.87. The zero-order chi connectivity index (χ0) is 25.3. The lowest BCUT2D eigenvalue weighted by Gasteiger charge is -2.20. The highest BCUT2D eigenvalue weighted by Crippen LogP contribution is 2.15. The topological polar surface area (TPSA) is 130 Å². The summed E-state index contributed by atoms with van der Waals surface area (Å²) in [4.78, 5) is 37.3. The first-order chi connectivity index (χ1) is 18.2. The molecule has 2 aromatic carbocycles. The molecule has 0 unspecified atom stereocenters. The lowest BCUT2D eigenvalue weighted by atomic mass is 10.1. The van der Waals surface area contributed by atoms with Gasteiger partial charge in [-0.05, 0) is 35.4 Å². The maximum atomic E-state index is 12.8. The number of H-pyrrole nitrogens is 3. The van der Waals surface area contributed by atoms with Crippen molar-refractivity contribution in [3.05, 3.63) is 120 Å². The van der Waals surface area contributed by atoms with Gasteiger partial charge in [0, 0.05) is 61.5 Å². The minimum atomic E-state index is -0.140. The average Bonchev–Trinajstić information content (AvgIpc) is 3.71. The van der Waals surface area contributed by atoms with Gasteiger partial charge in [-0.15, -0.1) is 0 Å². The number of aromatic nitrogens is 6. The van der Waals surface area contributed by atoms with Crippen molar-refractivity contribution in [2.75, 3.05) is 5.32 Å². The van der Waals surface area contributed by atoms with Crippen molar-refractivity contribution < 1.29 is 4.79 Å². The van der Waals surface area contributed by atoms with E-state index in [4.69, 9.17) is 0 Å². The standard InChI is InChI=1S/C27H29N9O/c37-27(35-23-7-3-20(4-8-23)15-28-16-24-29-9-10-30-24)22-5-1-21(2-6-22)17-36(18-25-31-11-12-32-25)19-26-33-13-14-34-26/h1-14,28H,15-19H2,(H,29,30)(H,31,32)(H,33,34)(H,35,37). The second kappa shape index (κ2) is 11.9. The molecule has 1 amide bonds. The molecular weight excluding hydrogens is 466 g/mol. The van der Waals surface area contributed by atoms with Crippen molar-refractivity contribution >= 4 is 11.6 Å². The number of rotatable bonds is 12. The molecule has 0 aliphatic carbocycles. The number of amides is 1. The van der Waals surface area contributed by atoms with Gasteiger partial charge >= 0.3 is 0 Å². The number of aromatic amines is 3. The molecule has 10 heteroatoms. The van der Waals surface area contributed by atoms with Crippen molar-refractivity contribution in [2.24, 2.45) is 0 Å². The zero-order valence-corrected chi connectivity index (χ0v) is 20.3. The van der Waals surface area contributed by atoms with Crippen molar-refractivity contribution in [2.45, 2.75) is 32.7 Å². The molecule has 0 aliphatic heterocycles. The Morgan fingerprint density at radius 2 is 1.24 bits per heavy atom. The molecule has 188 valence electrons. The Labute approximate surface area is 214 Å². The minimum absolute atomic E-state index is 0.140. The molecule has 0 saturated carbocycles. The summed E-state index contributed by atoms with van der Waals surface area (Å²) in [6, 6.07) is 15.5. The second-order valence-corrected chi connectivity index (χ2v) is 8.70. The second-order valence-electron chi connectivity index (χ2n) is 8.70. The molecule has 0 radical (unpaired) electrons. The van der Waals surface area contributed by atoms with Gasteiger partial charge in [0.25, 0.3) is 5.91 Å². The monoisotopic (exact) mass is 495 g/mol. The summed E-state index contributed by atoms with van der Waals surface area (Å²) in [6.07, 6.45) is 10.7. The fraction of sp³-hybridized carbons (Fsp3) is 0.185. The minimum Gasteiger partial charge on any atom is -0.348 e. The molecule has 5 aromatic rings. The number of carbonyl (C=O) groups is 1. The molecule has 3 heterocycles. The zero-order valence-electron chi connectivity index (χ0n) is 20.3. The summed E-state index contributed by atoms with van der Waals surface area (Å²) in [5.41, 5.74) is 3.59. The van der Waals surface area contributed by atoms with Crippen LogP contribution in [0.5, 0.6) is 0 Å². The lowest BCUT2D eigenvalue weighted by Crippen LogP contribution is -2.23. The Balaban J connectivity index is 1.14. The highest BCUT2D eigenvalue weighted by molar-refractivity contribution is 6.04. The van der Waals surface area contributed by atoms with E-state index in [2.05, 4.69) is 45.4 Å². The Bertz CT molecular complexity index is 1310. The summed E-state index contributed by atoms with van der Waals surface area (Å²) in [7, 11) is 0. The van der Waals surface area contributed by atoms with Crippen LogP contribution in [0.4, 0.5) is 5.69 Å². The third-order valence-electron chi connectivity index (χ3n) is 5.87. The maximum Gasteiger partial charge on any atom is 0.255 e. The Kier molecular flexibility index (Phi) is 7.79. The van der Waals surface area contributed by atoms with Gasteiger partial charge in [-0.25, -0.2) is 15.0 Å². The van der Waals surface area contributed by atoms with E-state index in [-0.39, 0.29) is 5.91 Å². The van der Waals surface area contributed by atoms with Crippen molar-refractivity contribution in [3.63, 3.8) is 0 Å². The number of carbonyl (C=O) groups excluding carboxylic acids is 1. The van der Waals surface area contributed by atoms with Crippen LogP contribution < -0.4 is 10.6 Å². The van der Waals surface area contributed by atoms with E-state index in [9.17, 15) is 4.79 Å². The van der Waals surface area contributed by atoms with Gasteiger partial charge < -0.3 is 25.6 Å². The highest BCUT2D eigenvalue weighted by Gasteiger charge is 2.12. The van der Waals surface area contributed by atoms with Crippen LogP contribution in [0, 0.1) is 0 Å². The molecule has 0 fully saturated rings. The van der Waals surface area contributed by atoms with Crippen LogP contribution >= 0.6 is 0 Å². The van der Waals surface area contributed by atoms with E-state index in [1.165, 1.54) is 0 Å². The van der Waals surface area contributed by atoms with E-state index in [0.717, 1.165) is 34.3 Å². The first-order valence-electron chi connectivity index (χ1n) is 12.1. The van der Waals surface area contributed by atoms with Gasteiger partial charge in [-0.2, -0.15) is 0 Å². The van der Waals surface area contributed by atoms with Gasteiger partial charge in [-0.1, -0.05) is 24.3 Å². The number of benzene rings is 2. The summed E-state index contributed by atoms with van der Waals surface area (Å²) in [5.74, 6) is 2.54. The van der Waals surface area contributed by atoms with Crippen LogP contribution in [0.3, 0.4) is 0 Å². The normalized spacial score (nSPS) is 11.2. The quantitative estimate of drug-likeness (QED) is 0.180. The fourth-order valence-corrected chi connectivity index (χ4v) is 4.01. The first kappa shape index (κ1) is 24.2. The molecule has 0 aliphatic rings. The molecule has 37 heavy (non-hydrogen) atoms. The van der Waals surface area contributed by atoms with Crippen LogP contribution in [0.1, 0.15) is 39.0 Å². The van der Waals surface area contributed by atoms with Gasteiger partial charge in [0.05, 0.1) is 19.6 Å². The van der Waals surface area contributed by atoms with Gasteiger partial charge in [0.15, 0.2) is 0 Å². The number of imidazole rings is 3. The molecule has 0 spiro atoms. The van der Waals surface area contributed by atoms with Gasteiger partial charge in [-0.3, -0.25) is 9.69 Å². The van der Waals surface area contributed by atoms with Crippen LogP contribution in [0.2, 0.25) is 0 Å². The predicted octanol–water partition coefficient (Wildman–Crippen LogP) is 3.60. The van der Waals surface area contributed by atoms with Gasteiger partial charge in [0.1, 0.15) is 17.5 Å². The number of nitrogens with one attached hydrogen (secondary N) is 5. The van der Waals surface area contributed by atoms with E-state index in [1.54, 1.807) is 18.6 Å². The molecule has 0 saturated heterocycles. The molecule has 0 bridgehead atoms. The van der Waals surface area contributed by atoms with Crippen LogP contribution in [-0.4, -0.2) is 40.7 Å². The molecule has 10 nitrogen and oxygen atoms in total.